The first kappa shape index (κ1) is 21.3. The van der Waals surface area contributed by atoms with Gasteiger partial charge in [0.25, 0.3) is 5.56 Å². The van der Waals surface area contributed by atoms with Crippen LogP contribution in [0.2, 0.25) is 0 Å². The molecule has 3 aromatic rings. The summed E-state index contributed by atoms with van der Waals surface area (Å²) >= 11 is 0. The minimum absolute atomic E-state index is 0.0172. The van der Waals surface area contributed by atoms with Crippen molar-refractivity contribution < 1.29 is 9.32 Å². The molecule has 2 aromatic heterocycles. The van der Waals surface area contributed by atoms with Crippen LogP contribution in [0.5, 0.6) is 0 Å². The Hall–Kier alpha value is -3.46. The zero-order chi connectivity index (χ0) is 21.8. The quantitative estimate of drug-likeness (QED) is 0.551. The molecule has 1 aromatic carbocycles. The average Bonchev–Trinajstić information content (AvgIpc) is 3.20. The molecule has 0 spiro atoms. The van der Waals surface area contributed by atoms with E-state index in [0.717, 1.165) is 32.6 Å². The van der Waals surface area contributed by atoms with Gasteiger partial charge in [0, 0.05) is 32.1 Å². The van der Waals surface area contributed by atoms with Crippen molar-refractivity contribution in [2.24, 2.45) is 14.1 Å². The number of ketones is 1. The SMILES string of the molecule is CN(CCCc1cc(-c2ccccc2)no1)CC(=O)c1c(N)n(C)c(=O)n(C)c1=O. The number of anilines is 1. The van der Waals surface area contributed by atoms with E-state index in [1.54, 1.807) is 11.9 Å². The van der Waals surface area contributed by atoms with Gasteiger partial charge in [0.05, 0.1) is 6.54 Å². The zero-order valence-corrected chi connectivity index (χ0v) is 17.3. The molecular weight excluding hydrogens is 386 g/mol. The number of Topliss-reactive ketones (excluding diaryl/α,β-unsaturated/α-hetero) is 1. The fourth-order valence-corrected chi connectivity index (χ4v) is 3.22. The number of carbonyl (C=O) groups excluding carboxylic acids is 1. The van der Waals surface area contributed by atoms with Crippen LogP contribution >= 0.6 is 0 Å². The lowest BCUT2D eigenvalue weighted by molar-refractivity contribution is 0.0943. The monoisotopic (exact) mass is 411 g/mol. The van der Waals surface area contributed by atoms with Gasteiger partial charge in [-0.05, 0) is 20.0 Å². The van der Waals surface area contributed by atoms with Gasteiger partial charge in [-0.25, -0.2) is 4.79 Å². The van der Waals surface area contributed by atoms with Crippen molar-refractivity contribution in [1.29, 1.82) is 0 Å². The molecule has 9 nitrogen and oxygen atoms in total. The molecule has 9 heteroatoms. The molecule has 2 heterocycles. The molecule has 0 aliphatic heterocycles. The highest BCUT2D eigenvalue weighted by Gasteiger charge is 2.21. The number of hydrogen-bond donors (Lipinski definition) is 1. The third-order valence-corrected chi connectivity index (χ3v) is 4.99. The summed E-state index contributed by atoms with van der Waals surface area (Å²) in [6.45, 7) is 0.627. The van der Waals surface area contributed by atoms with Crippen molar-refractivity contribution in [1.82, 2.24) is 19.2 Å². The minimum Gasteiger partial charge on any atom is -0.384 e. The van der Waals surface area contributed by atoms with Gasteiger partial charge in [0.2, 0.25) is 0 Å². The predicted molar refractivity (Wildman–Crippen MR) is 113 cm³/mol. The van der Waals surface area contributed by atoms with Gasteiger partial charge in [-0.3, -0.25) is 23.6 Å². The molecule has 30 heavy (non-hydrogen) atoms. The van der Waals surface area contributed by atoms with Crippen LogP contribution in [0, 0.1) is 0 Å². The first-order valence-electron chi connectivity index (χ1n) is 9.58. The van der Waals surface area contributed by atoms with E-state index in [9.17, 15) is 14.4 Å². The standard InChI is InChI=1S/C21H25N5O4/c1-24(13-17(27)18-19(22)25(2)21(29)26(3)20(18)28)11-7-10-15-12-16(23-30-15)14-8-5-4-6-9-14/h4-6,8-9,12H,7,10-11,13,22H2,1-3H3. The van der Waals surface area contributed by atoms with Gasteiger partial charge in [-0.1, -0.05) is 35.5 Å². The van der Waals surface area contributed by atoms with Gasteiger partial charge in [-0.2, -0.15) is 0 Å². The summed E-state index contributed by atoms with van der Waals surface area (Å²) in [6.07, 6.45) is 1.41. The fourth-order valence-electron chi connectivity index (χ4n) is 3.22. The number of likely N-dealkylation sites (N-methyl/N-ethyl adjacent to an activating group) is 1. The van der Waals surface area contributed by atoms with Gasteiger partial charge in [0.1, 0.15) is 22.8 Å². The Balaban J connectivity index is 1.58. The van der Waals surface area contributed by atoms with Crippen molar-refractivity contribution in [2.75, 3.05) is 25.9 Å². The summed E-state index contributed by atoms with van der Waals surface area (Å²) in [6, 6.07) is 11.7. The van der Waals surface area contributed by atoms with Crippen molar-refractivity contribution >= 4 is 11.6 Å². The second-order valence-corrected chi connectivity index (χ2v) is 7.28. The molecule has 0 bridgehead atoms. The Morgan fingerprint density at radius 2 is 1.87 bits per heavy atom. The Bertz CT molecular complexity index is 1160. The predicted octanol–water partition coefficient (Wildman–Crippen LogP) is 1.07. The highest BCUT2D eigenvalue weighted by Crippen LogP contribution is 2.19. The van der Waals surface area contributed by atoms with Crippen molar-refractivity contribution in [3.05, 3.63) is 68.6 Å². The van der Waals surface area contributed by atoms with Crippen LogP contribution < -0.4 is 17.0 Å². The maximum Gasteiger partial charge on any atom is 0.332 e. The van der Waals surface area contributed by atoms with Crippen LogP contribution in [-0.2, 0) is 20.5 Å². The lowest BCUT2D eigenvalue weighted by atomic mass is 10.1. The van der Waals surface area contributed by atoms with Crippen LogP contribution in [-0.4, -0.2) is 45.1 Å². The Labute approximate surface area is 173 Å². The van der Waals surface area contributed by atoms with Gasteiger partial charge in [0.15, 0.2) is 5.78 Å². The molecule has 3 rings (SSSR count). The number of nitrogens with two attached hydrogens (primary N) is 1. The van der Waals surface area contributed by atoms with E-state index in [-0.39, 0.29) is 17.9 Å². The molecule has 0 aliphatic rings. The number of rotatable bonds is 8. The van der Waals surface area contributed by atoms with E-state index in [0.29, 0.717) is 13.0 Å². The lowest BCUT2D eigenvalue weighted by Gasteiger charge is -2.16. The highest BCUT2D eigenvalue weighted by molar-refractivity contribution is 6.01. The lowest BCUT2D eigenvalue weighted by Crippen LogP contribution is -2.43. The minimum atomic E-state index is -0.677. The maximum absolute atomic E-state index is 12.6. The number of nitrogens with zero attached hydrogens (tertiary/aromatic N) is 4. The summed E-state index contributed by atoms with van der Waals surface area (Å²) in [5.74, 6) is 0.235. The third-order valence-electron chi connectivity index (χ3n) is 4.99. The molecule has 0 fully saturated rings. The summed E-state index contributed by atoms with van der Waals surface area (Å²) in [7, 11) is 4.54. The molecule has 158 valence electrons. The molecule has 0 radical (unpaired) electrons. The van der Waals surface area contributed by atoms with Crippen molar-refractivity contribution in [3.63, 3.8) is 0 Å². The summed E-state index contributed by atoms with van der Waals surface area (Å²) in [5.41, 5.74) is 6.23. The zero-order valence-electron chi connectivity index (χ0n) is 17.3. The number of aromatic nitrogens is 3. The van der Waals surface area contributed by atoms with Crippen molar-refractivity contribution in [2.45, 2.75) is 12.8 Å². The van der Waals surface area contributed by atoms with E-state index >= 15 is 0 Å². The molecule has 0 atom stereocenters. The van der Waals surface area contributed by atoms with Gasteiger partial charge in [-0.15, -0.1) is 0 Å². The maximum atomic E-state index is 12.6. The van der Waals surface area contributed by atoms with Gasteiger partial charge >= 0.3 is 5.69 Å². The van der Waals surface area contributed by atoms with Crippen molar-refractivity contribution in [3.8, 4) is 11.3 Å². The van der Waals surface area contributed by atoms with E-state index in [4.69, 9.17) is 10.3 Å². The molecule has 2 N–H and O–H groups in total. The number of hydrogen-bond acceptors (Lipinski definition) is 7. The number of nitrogen functional groups attached to an aromatic ring is 1. The number of carbonyl (C=O) groups is 1. The van der Waals surface area contributed by atoms with Gasteiger partial charge < -0.3 is 10.3 Å². The normalized spacial score (nSPS) is 11.2. The Kier molecular flexibility index (Phi) is 6.31. The highest BCUT2D eigenvalue weighted by atomic mass is 16.5. The second kappa shape index (κ2) is 8.91. The first-order valence-corrected chi connectivity index (χ1v) is 9.58. The average molecular weight is 411 g/mol. The summed E-state index contributed by atoms with van der Waals surface area (Å²) < 4.78 is 7.38. The van der Waals surface area contributed by atoms with E-state index in [1.807, 2.05) is 36.4 Å². The molecular formula is C21H25N5O4. The molecule has 0 aliphatic carbocycles. The Morgan fingerprint density at radius 3 is 2.57 bits per heavy atom. The van der Waals surface area contributed by atoms with E-state index in [1.165, 1.54) is 14.1 Å². The van der Waals surface area contributed by atoms with E-state index < -0.39 is 17.0 Å². The largest absolute Gasteiger partial charge is 0.384 e. The van der Waals surface area contributed by atoms with Crippen LogP contribution in [0.1, 0.15) is 22.5 Å². The van der Waals surface area contributed by atoms with Crippen LogP contribution in [0.25, 0.3) is 11.3 Å². The molecule has 0 saturated carbocycles. The van der Waals surface area contributed by atoms with Crippen LogP contribution in [0.3, 0.4) is 0 Å². The summed E-state index contributed by atoms with van der Waals surface area (Å²) in [5, 5.41) is 4.09. The molecule has 0 unspecified atom stereocenters. The second-order valence-electron chi connectivity index (χ2n) is 7.28. The first-order chi connectivity index (χ1) is 14.3. The number of benzene rings is 1. The molecule has 0 saturated heterocycles. The molecule has 0 amide bonds. The topological polar surface area (TPSA) is 116 Å². The third kappa shape index (κ3) is 4.41. The van der Waals surface area contributed by atoms with Crippen LogP contribution in [0.15, 0.2) is 50.5 Å². The fraction of sp³-hybridized carbons (Fsp3) is 0.333. The smallest absolute Gasteiger partial charge is 0.332 e. The Morgan fingerprint density at radius 1 is 1.17 bits per heavy atom. The van der Waals surface area contributed by atoms with E-state index in [2.05, 4.69) is 5.16 Å². The number of aryl methyl sites for hydroxylation is 1. The summed E-state index contributed by atoms with van der Waals surface area (Å²) in [4.78, 5) is 38.6. The van der Waals surface area contributed by atoms with Crippen LogP contribution in [0.4, 0.5) is 5.82 Å².